The second kappa shape index (κ2) is 6.43. The number of nitrogens with zero attached hydrogens (tertiary/aromatic N) is 1. The number of para-hydroxylation sites is 1. The first-order valence-electron chi connectivity index (χ1n) is 7.28. The predicted octanol–water partition coefficient (Wildman–Crippen LogP) is 1.71. The first kappa shape index (κ1) is 13.7. The van der Waals surface area contributed by atoms with Crippen molar-refractivity contribution in [2.45, 2.75) is 19.3 Å². The Labute approximate surface area is 123 Å². The third-order valence-electron chi connectivity index (χ3n) is 3.78. The summed E-state index contributed by atoms with van der Waals surface area (Å²) in [5.41, 5.74) is 2.15. The summed E-state index contributed by atoms with van der Waals surface area (Å²) < 4.78 is 5.70. The molecule has 0 saturated heterocycles. The van der Waals surface area contributed by atoms with E-state index in [1.165, 1.54) is 0 Å². The molecule has 0 radical (unpaired) electrons. The molecule has 0 bridgehead atoms. The van der Waals surface area contributed by atoms with Crippen LogP contribution in [0.15, 0.2) is 36.8 Å². The van der Waals surface area contributed by atoms with Crippen molar-refractivity contribution in [3.8, 4) is 5.75 Å². The zero-order valence-electron chi connectivity index (χ0n) is 11.8. The molecule has 3 rings (SSSR count). The molecule has 0 spiro atoms. The van der Waals surface area contributed by atoms with Crippen LogP contribution in [0, 0.1) is 5.92 Å². The molecule has 1 aliphatic rings. The SMILES string of the molecule is O=C(NCCc1cnc[nH]1)[C@H]1CCOc2ccccc2C1. The zero-order chi connectivity index (χ0) is 14.5. The van der Waals surface area contributed by atoms with E-state index in [2.05, 4.69) is 15.3 Å². The van der Waals surface area contributed by atoms with Crippen molar-refractivity contribution < 1.29 is 9.53 Å². The lowest BCUT2D eigenvalue weighted by Crippen LogP contribution is -2.33. The Kier molecular flexibility index (Phi) is 4.19. The normalized spacial score (nSPS) is 17.4. The van der Waals surface area contributed by atoms with E-state index in [0.29, 0.717) is 13.2 Å². The molecule has 1 amide bonds. The molecule has 0 saturated carbocycles. The van der Waals surface area contributed by atoms with Gasteiger partial charge in [-0.25, -0.2) is 4.98 Å². The maximum atomic E-state index is 12.3. The number of nitrogens with one attached hydrogen (secondary N) is 2. The highest BCUT2D eigenvalue weighted by atomic mass is 16.5. The van der Waals surface area contributed by atoms with Crippen molar-refractivity contribution in [1.82, 2.24) is 15.3 Å². The number of carbonyl (C=O) groups excluding carboxylic acids is 1. The molecule has 0 aliphatic carbocycles. The number of H-pyrrole nitrogens is 1. The first-order valence-corrected chi connectivity index (χ1v) is 7.28. The molecule has 21 heavy (non-hydrogen) atoms. The fourth-order valence-corrected chi connectivity index (χ4v) is 2.60. The van der Waals surface area contributed by atoms with Crippen LogP contribution in [0.4, 0.5) is 0 Å². The maximum Gasteiger partial charge on any atom is 0.223 e. The van der Waals surface area contributed by atoms with Gasteiger partial charge in [-0.1, -0.05) is 18.2 Å². The summed E-state index contributed by atoms with van der Waals surface area (Å²) in [6.07, 6.45) is 5.70. The number of fused-ring (bicyclic) bond motifs is 1. The van der Waals surface area contributed by atoms with Gasteiger partial charge in [0.25, 0.3) is 0 Å². The van der Waals surface area contributed by atoms with Gasteiger partial charge >= 0.3 is 0 Å². The van der Waals surface area contributed by atoms with Crippen LogP contribution < -0.4 is 10.1 Å². The monoisotopic (exact) mass is 285 g/mol. The zero-order valence-corrected chi connectivity index (χ0v) is 11.8. The molecule has 0 unspecified atom stereocenters. The average molecular weight is 285 g/mol. The van der Waals surface area contributed by atoms with Gasteiger partial charge in [0, 0.05) is 30.8 Å². The molecule has 5 nitrogen and oxygen atoms in total. The molecule has 1 aliphatic heterocycles. The molecule has 1 aromatic heterocycles. The number of carbonyl (C=O) groups is 1. The quantitative estimate of drug-likeness (QED) is 0.898. The lowest BCUT2D eigenvalue weighted by atomic mass is 9.96. The number of hydrogen-bond donors (Lipinski definition) is 2. The first-order chi connectivity index (χ1) is 10.3. The van der Waals surface area contributed by atoms with Crippen LogP contribution in [0.2, 0.25) is 0 Å². The summed E-state index contributed by atoms with van der Waals surface area (Å²) in [7, 11) is 0. The number of aromatic nitrogens is 2. The topological polar surface area (TPSA) is 67.0 Å². The van der Waals surface area contributed by atoms with E-state index in [1.807, 2.05) is 24.3 Å². The largest absolute Gasteiger partial charge is 0.493 e. The van der Waals surface area contributed by atoms with Crippen LogP contribution in [-0.4, -0.2) is 29.0 Å². The second-order valence-corrected chi connectivity index (χ2v) is 5.26. The Hall–Kier alpha value is -2.30. The van der Waals surface area contributed by atoms with Gasteiger partial charge < -0.3 is 15.0 Å². The molecule has 5 heteroatoms. The van der Waals surface area contributed by atoms with Gasteiger partial charge in [0.2, 0.25) is 5.91 Å². The summed E-state index contributed by atoms with van der Waals surface area (Å²) in [5.74, 6) is 0.996. The Morgan fingerprint density at radius 2 is 2.33 bits per heavy atom. The summed E-state index contributed by atoms with van der Waals surface area (Å²) in [5, 5.41) is 3.01. The second-order valence-electron chi connectivity index (χ2n) is 5.26. The van der Waals surface area contributed by atoms with E-state index < -0.39 is 0 Å². The minimum atomic E-state index is -0.0181. The summed E-state index contributed by atoms with van der Waals surface area (Å²) in [6, 6.07) is 7.95. The molecule has 2 N–H and O–H groups in total. The van der Waals surface area contributed by atoms with Gasteiger partial charge in [0.1, 0.15) is 5.75 Å². The minimum absolute atomic E-state index is 0.0181. The van der Waals surface area contributed by atoms with E-state index in [-0.39, 0.29) is 11.8 Å². The fourth-order valence-electron chi connectivity index (χ4n) is 2.60. The van der Waals surface area contributed by atoms with Gasteiger partial charge in [-0.15, -0.1) is 0 Å². The van der Waals surface area contributed by atoms with E-state index in [0.717, 1.165) is 36.3 Å². The number of hydrogen-bond acceptors (Lipinski definition) is 3. The maximum absolute atomic E-state index is 12.3. The molecule has 1 aromatic carbocycles. The van der Waals surface area contributed by atoms with Crippen LogP contribution >= 0.6 is 0 Å². The van der Waals surface area contributed by atoms with E-state index in [1.54, 1.807) is 12.5 Å². The smallest absolute Gasteiger partial charge is 0.223 e. The Morgan fingerprint density at radius 1 is 1.43 bits per heavy atom. The van der Waals surface area contributed by atoms with Crippen LogP contribution in [0.25, 0.3) is 0 Å². The van der Waals surface area contributed by atoms with Crippen LogP contribution in [0.3, 0.4) is 0 Å². The lowest BCUT2D eigenvalue weighted by molar-refractivity contribution is -0.125. The summed E-state index contributed by atoms with van der Waals surface area (Å²) in [6.45, 7) is 1.22. The molecule has 2 heterocycles. The number of imidazole rings is 1. The standard InChI is InChI=1S/C16H19N3O2/c20-16(18-7-5-14-10-17-11-19-14)13-6-8-21-15-4-2-1-3-12(15)9-13/h1-4,10-11,13H,5-9H2,(H,17,19)(H,18,20)/t13-/m0/s1. The van der Waals surface area contributed by atoms with Gasteiger partial charge in [-0.05, 0) is 24.5 Å². The van der Waals surface area contributed by atoms with Crippen LogP contribution in [0.1, 0.15) is 17.7 Å². The molecule has 1 atom stereocenters. The summed E-state index contributed by atoms with van der Waals surface area (Å²) in [4.78, 5) is 19.3. The predicted molar refractivity (Wildman–Crippen MR) is 79.0 cm³/mol. The van der Waals surface area contributed by atoms with E-state index in [4.69, 9.17) is 4.74 Å². The van der Waals surface area contributed by atoms with Gasteiger partial charge in [0.05, 0.1) is 12.9 Å². The minimum Gasteiger partial charge on any atom is -0.493 e. The molecular weight excluding hydrogens is 266 g/mol. The van der Waals surface area contributed by atoms with Crippen LogP contribution in [0.5, 0.6) is 5.75 Å². The van der Waals surface area contributed by atoms with Gasteiger partial charge in [-0.3, -0.25) is 4.79 Å². The number of amides is 1. The number of aromatic amines is 1. The Bertz CT molecular complexity index is 595. The molecule has 2 aromatic rings. The fraction of sp³-hybridized carbons (Fsp3) is 0.375. The number of ether oxygens (including phenoxy) is 1. The van der Waals surface area contributed by atoms with E-state index in [9.17, 15) is 4.79 Å². The summed E-state index contributed by atoms with van der Waals surface area (Å²) >= 11 is 0. The van der Waals surface area contributed by atoms with Crippen molar-refractivity contribution in [1.29, 1.82) is 0 Å². The van der Waals surface area contributed by atoms with E-state index >= 15 is 0 Å². The van der Waals surface area contributed by atoms with Crippen molar-refractivity contribution in [2.75, 3.05) is 13.2 Å². The Morgan fingerprint density at radius 3 is 3.19 bits per heavy atom. The molecular formula is C16H19N3O2. The number of benzene rings is 1. The molecule has 110 valence electrons. The number of rotatable bonds is 4. The van der Waals surface area contributed by atoms with Crippen LogP contribution in [-0.2, 0) is 17.6 Å². The van der Waals surface area contributed by atoms with Crippen molar-refractivity contribution >= 4 is 5.91 Å². The van der Waals surface area contributed by atoms with Gasteiger partial charge in [0.15, 0.2) is 0 Å². The lowest BCUT2D eigenvalue weighted by Gasteiger charge is -2.13. The van der Waals surface area contributed by atoms with Crippen molar-refractivity contribution in [3.05, 3.63) is 48.0 Å². The highest BCUT2D eigenvalue weighted by Crippen LogP contribution is 2.26. The highest BCUT2D eigenvalue weighted by molar-refractivity contribution is 5.79. The average Bonchev–Trinajstić information content (AvgIpc) is 2.91. The van der Waals surface area contributed by atoms with Crippen molar-refractivity contribution in [3.63, 3.8) is 0 Å². The highest BCUT2D eigenvalue weighted by Gasteiger charge is 2.23. The van der Waals surface area contributed by atoms with Gasteiger partial charge in [-0.2, -0.15) is 0 Å². The Balaban J connectivity index is 1.55. The third kappa shape index (κ3) is 3.42. The third-order valence-corrected chi connectivity index (χ3v) is 3.78. The molecule has 0 fully saturated rings. The van der Waals surface area contributed by atoms with Crippen molar-refractivity contribution in [2.24, 2.45) is 5.92 Å².